The van der Waals surface area contributed by atoms with Gasteiger partial charge >= 0.3 is 0 Å². The normalized spacial score (nSPS) is 23.1. The standard InChI is InChI=1S/C17H25ClN4O/c1-13-2-3-16(15(18)10-13)20-17(23)12-21-7-4-14(11-21)22-8-5-19-6-9-22/h2-3,10,14,19H,4-9,11-12H2,1H3,(H,20,23). The fourth-order valence-corrected chi connectivity index (χ4v) is 3.70. The molecular weight excluding hydrogens is 312 g/mol. The Bertz CT molecular complexity index is 560. The van der Waals surface area contributed by atoms with Gasteiger partial charge in [-0.1, -0.05) is 17.7 Å². The van der Waals surface area contributed by atoms with Crippen molar-refractivity contribution in [1.29, 1.82) is 0 Å². The summed E-state index contributed by atoms with van der Waals surface area (Å²) >= 11 is 6.17. The Hall–Kier alpha value is -1.14. The van der Waals surface area contributed by atoms with E-state index in [9.17, 15) is 4.79 Å². The molecule has 2 aliphatic rings. The Labute approximate surface area is 143 Å². The molecule has 1 amide bonds. The van der Waals surface area contributed by atoms with Crippen molar-refractivity contribution < 1.29 is 4.79 Å². The highest BCUT2D eigenvalue weighted by atomic mass is 35.5. The van der Waals surface area contributed by atoms with E-state index in [4.69, 9.17) is 11.6 Å². The minimum absolute atomic E-state index is 0.0108. The number of carbonyl (C=O) groups is 1. The van der Waals surface area contributed by atoms with Crippen LogP contribution in [0, 0.1) is 6.92 Å². The molecule has 0 bridgehead atoms. The first-order chi connectivity index (χ1) is 11.1. The largest absolute Gasteiger partial charge is 0.324 e. The Morgan fingerprint density at radius 3 is 2.87 bits per heavy atom. The van der Waals surface area contributed by atoms with Crippen LogP contribution in [0.3, 0.4) is 0 Å². The minimum atomic E-state index is 0.0108. The van der Waals surface area contributed by atoms with E-state index in [1.807, 2.05) is 25.1 Å². The van der Waals surface area contributed by atoms with Crippen LogP contribution in [0.5, 0.6) is 0 Å². The van der Waals surface area contributed by atoms with Gasteiger partial charge in [-0.15, -0.1) is 0 Å². The lowest BCUT2D eigenvalue weighted by atomic mass is 10.2. The maximum absolute atomic E-state index is 12.3. The fourth-order valence-electron chi connectivity index (χ4n) is 3.42. The van der Waals surface area contributed by atoms with Crippen molar-refractivity contribution in [3.05, 3.63) is 28.8 Å². The SMILES string of the molecule is Cc1ccc(NC(=O)CN2CCC(N3CCNCC3)C2)c(Cl)c1. The molecule has 126 valence electrons. The number of benzene rings is 1. The molecule has 2 heterocycles. The van der Waals surface area contributed by atoms with Crippen LogP contribution in [0.25, 0.3) is 0 Å². The molecule has 0 radical (unpaired) electrons. The van der Waals surface area contributed by atoms with Gasteiger partial charge in [-0.3, -0.25) is 14.6 Å². The van der Waals surface area contributed by atoms with Crippen LogP contribution in [0.1, 0.15) is 12.0 Å². The zero-order chi connectivity index (χ0) is 16.2. The highest BCUT2D eigenvalue weighted by Gasteiger charge is 2.29. The maximum Gasteiger partial charge on any atom is 0.238 e. The van der Waals surface area contributed by atoms with Crippen molar-refractivity contribution in [3.63, 3.8) is 0 Å². The second-order valence-corrected chi connectivity index (χ2v) is 6.90. The highest BCUT2D eigenvalue weighted by Crippen LogP contribution is 2.23. The number of hydrogen-bond acceptors (Lipinski definition) is 4. The number of rotatable bonds is 4. The smallest absolute Gasteiger partial charge is 0.238 e. The summed E-state index contributed by atoms with van der Waals surface area (Å²) in [6.45, 7) is 8.77. The molecule has 3 rings (SSSR count). The third kappa shape index (κ3) is 4.44. The van der Waals surface area contributed by atoms with Crippen molar-refractivity contribution in [2.45, 2.75) is 19.4 Å². The highest BCUT2D eigenvalue weighted by molar-refractivity contribution is 6.33. The van der Waals surface area contributed by atoms with Crippen molar-refractivity contribution in [1.82, 2.24) is 15.1 Å². The number of hydrogen-bond donors (Lipinski definition) is 2. The Morgan fingerprint density at radius 2 is 2.13 bits per heavy atom. The van der Waals surface area contributed by atoms with Crippen LogP contribution in [-0.4, -0.2) is 67.6 Å². The van der Waals surface area contributed by atoms with Gasteiger partial charge in [0.1, 0.15) is 0 Å². The molecule has 1 atom stereocenters. The molecular formula is C17H25ClN4O. The van der Waals surface area contributed by atoms with Crippen molar-refractivity contribution in [2.75, 3.05) is 51.1 Å². The number of piperazine rings is 1. The number of aryl methyl sites for hydroxylation is 1. The Balaban J connectivity index is 1.48. The van der Waals surface area contributed by atoms with E-state index < -0.39 is 0 Å². The lowest BCUT2D eigenvalue weighted by Crippen LogP contribution is -2.49. The molecule has 0 spiro atoms. The molecule has 2 saturated heterocycles. The number of nitrogens with one attached hydrogen (secondary N) is 2. The van der Waals surface area contributed by atoms with E-state index >= 15 is 0 Å². The lowest BCUT2D eigenvalue weighted by molar-refractivity contribution is -0.117. The van der Waals surface area contributed by atoms with E-state index in [0.29, 0.717) is 23.3 Å². The number of anilines is 1. The summed E-state index contributed by atoms with van der Waals surface area (Å²) in [6.07, 6.45) is 1.15. The molecule has 1 unspecified atom stereocenters. The molecule has 23 heavy (non-hydrogen) atoms. The van der Waals surface area contributed by atoms with E-state index in [1.54, 1.807) is 0 Å². The van der Waals surface area contributed by atoms with E-state index in [2.05, 4.69) is 20.4 Å². The quantitative estimate of drug-likeness (QED) is 0.876. The first-order valence-corrected chi connectivity index (χ1v) is 8.73. The fraction of sp³-hybridized carbons (Fsp3) is 0.588. The molecule has 6 heteroatoms. The second-order valence-electron chi connectivity index (χ2n) is 6.50. The number of halogens is 1. The van der Waals surface area contributed by atoms with Crippen molar-refractivity contribution in [3.8, 4) is 0 Å². The summed E-state index contributed by atoms with van der Waals surface area (Å²) in [4.78, 5) is 17.0. The van der Waals surface area contributed by atoms with E-state index in [0.717, 1.165) is 51.3 Å². The van der Waals surface area contributed by atoms with Gasteiger partial charge in [-0.05, 0) is 31.0 Å². The third-order valence-electron chi connectivity index (χ3n) is 4.68. The lowest BCUT2D eigenvalue weighted by Gasteiger charge is -2.32. The van der Waals surface area contributed by atoms with Crippen LogP contribution >= 0.6 is 11.6 Å². The number of amides is 1. The summed E-state index contributed by atoms with van der Waals surface area (Å²) < 4.78 is 0. The average Bonchev–Trinajstić information content (AvgIpc) is 2.99. The molecule has 0 aliphatic carbocycles. The summed E-state index contributed by atoms with van der Waals surface area (Å²) in [5.74, 6) is 0.0108. The van der Waals surface area contributed by atoms with Gasteiger partial charge < -0.3 is 10.6 Å². The summed E-state index contributed by atoms with van der Waals surface area (Å²) in [6, 6.07) is 6.28. The van der Waals surface area contributed by atoms with Crippen molar-refractivity contribution >= 4 is 23.2 Å². The van der Waals surface area contributed by atoms with Crippen LogP contribution < -0.4 is 10.6 Å². The molecule has 2 aliphatic heterocycles. The average molecular weight is 337 g/mol. The number of nitrogens with zero attached hydrogens (tertiary/aromatic N) is 2. The van der Waals surface area contributed by atoms with Crippen LogP contribution in [0.15, 0.2) is 18.2 Å². The summed E-state index contributed by atoms with van der Waals surface area (Å²) in [5, 5.41) is 6.90. The first kappa shape index (κ1) is 16.7. The third-order valence-corrected chi connectivity index (χ3v) is 4.99. The molecule has 2 N–H and O–H groups in total. The first-order valence-electron chi connectivity index (χ1n) is 8.35. The molecule has 0 saturated carbocycles. The van der Waals surface area contributed by atoms with Gasteiger partial charge in [0.15, 0.2) is 0 Å². The van der Waals surface area contributed by atoms with Gasteiger partial charge in [0.2, 0.25) is 5.91 Å². The molecule has 0 aromatic heterocycles. The van der Waals surface area contributed by atoms with E-state index in [-0.39, 0.29) is 5.91 Å². The second kappa shape index (κ2) is 7.62. The van der Waals surface area contributed by atoms with Gasteiger partial charge in [0, 0.05) is 45.3 Å². The Morgan fingerprint density at radius 1 is 1.35 bits per heavy atom. The molecule has 2 fully saturated rings. The predicted octanol–water partition coefficient (Wildman–Crippen LogP) is 1.57. The number of carbonyl (C=O) groups excluding carboxylic acids is 1. The molecule has 1 aromatic rings. The van der Waals surface area contributed by atoms with Gasteiger partial charge in [-0.2, -0.15) is 0 Å². The molecule has 1 aromatic carbocycles. The van der Waals surface area contributed by atoms with Crippen LogP contribution in [0.4, 0.5) is 5.69 Å². The minimum Gasteiger partial charge on any atom is -0.324 e. The molecule has 5 nitrogen and oxygen atoms in total. The topological polar surface area (TPSA) is 47.6 Å². The zero-order valence-electron chi connectivity index (χ0n) is 13.6. The summed E-state index contributed by atoms with van der Waals surface area (Å²) in [5.41, 5.74) is 1.78. The van der Waals surface area contributed by atoms with Gasteiger partial charge in [0.25, 0.3) is 0 Å². The predicted molar refractivity (Wildman–Crippen MR) is 94.1 cm³/mol. The maximum atomic E-state index is 12.3. The number of likely N-dealkylation sites (tertiary alicyclic amines) is 1. The van der Waals surface area contributed by atoms with Crippen molar-refractivity contribution in [2.24, 2.45) is 0 Å². The summed E-state index contributed by atoms with van der Waals surface area (Å²) in [7, 11) is 0. The van der Waals surface area contributed by atoms with Gasteiger partial charge in [0.05, 0.1) is 17.3 Å². The van der Waals surface area contributed by atoms with Crippen LogP contribution in [0.2, 0.25) is 5.02 Å². The Kier molecular flexibility index (Phi) is 5.54. The monoisotopic (exact) mass is 336 g/mol. The van der Waals surface area contributed by atoms with Crippen LogP contribution in [-0.2, 0) is 4.79 Å². The zero-order valence-corrected chi connectivity index (χ0v) is 14.4. The van der Waals surface area contributed by atoms with Gasteiger partial charge in [-0.25, -0.2) is 0 Å². The van der Waals surface area contributed by atoms with E-state index in [1.165, 1.54) is 0 Å².